The Kier molecular flexibility index (Phi) is 6.06. The highest BCUT2D eigenvalue weighted by molar-refractivity contribution is 5.86. The van der Waals surface area contributed by atoms with E-state index in [4.69, 9.17) is 0 Å². The first-order chi connectivity index (χ1) is 16.3. The topological polar surface area (TPSA) is 77.2 Å². The number of H-pyrrole nitrogens is 1. The number of nitrogens with zero attached hydrogens (tertiary/aromatic N) is 1. The van der Waals surface area contributed by atoms with Gasteiger partial charge in [0, 0.05) is 46.6 Å². The number of urea groups is 1. The van der Waals surface area contributed by atoms with Crippen LogP contribution >= 0.6 is 0 Å². The van der Waals surface area contributed by atoms with E-state index in [9.17, 15) is 9.59 Å². The molecule has 6 heteroatoms. The number of fused-ring (bicyclic) bond motifs is 3. The fourth-order valence-corrected chi connectivity index (χ4v) is 5.71. The maximum atomic E-state index is 13.7. The Morgan fingerprint density at radius 1 is 1.06 bits per heavy atom. The summed E-state index contributed by atoms with van der Waals surface area (Å²) in [4.78, 5) is 31.4. The molecule has 0 saturated heterocycles. The molecule has 2 heterocycles. The zero-order valence-electron chi connectivity index (χ0n) is 20.5. The van der Waals surface area contributed by atoms with E-state index < -0.39 is 0 Å². The van der Waals surface area contributed by atoms with Crippen molar-refractivity contribution in [2.75, 3.05) is 6.54 Å². The number of carbonyl (C=O) groups is 2. The second-order valence-electron chi connectivity index (χ2n) is 11.3. The highest BCUT2D eigenvalue weighted by atomic mass is 16.2. The maximum Gasteiger partial charge on any atom is 0.326 e. The molecule has 34 heavy (non-hydrogen) atoms. The standard InChI is InChI=1S/C28H36N4O2/c1-28(2,3)31-27(34)29-16-14-18-8-10-20(11-9-18)26(33)32-17-15-22-21-6-4-5-7-23(21)30-24(22)25(32)19-12-13-19/h4-7,18-20,25,30H,8-13,15,17H2,1-3H3,(H2,29,31,34). The molecule has 3 aliphatic rings. The summed E-state index contributed by atoms with van der Waals surface area (Å²) in [5.74, 6) is 4.43. The molecule has 1 aromatic heterocycles. The number of rotatable bonds is 2. The first kappa shape index (κ1) is 22.8. The summed E-state index contributed by atoms with van der Waals surface area (Å²) in [6.07, 6.45) is 6.91. The van der Waals surface area contributed by atoms with E-state index in [0.717, 1.165) is 38.6 Å². The van der Waals surface area contributed by atoms with Crippen molar-refractivity contribution >= 4 is 22.8 Å². The fraction of sp³-hybridized carbons (Fsp3) is 0.571. The first-order valence-electron chi connectivity index (χ1n) is 12.8. The SMILES string of the molecule is CC(C)(C)NC(=O)NC#CC1CCC(C(=O)N2CCc3c([nH]c4ccccc34)C2C2CC2)CC1. The van der Waals surface area contributed by atoms with Crippen molar-refractivity contribution in [2.45, 2.75) is 77.3 Å². The normalized spacial score (nSPS) is 24.7. The Morgan fingerprint density at radius 2 is 1.79 bits per heavy atom. The van der Waals surface area contributed by atoms with Gasteiger partial charge in [0.15, 0.2) is 0 Å². The smallest absolute Gasteiger partial charge is 0.326 e. The molecule has 2 fully saturated rings. The van der Waals surface area contributed by atoms with Crippen LogP contribution < -0.4 is 10.6 Å². The lowest BCUT2D eigenvalue weighted by Gasteiger charge is -2.39. The number of benzene rings is 1. The number of hydrogen-bond donors (Lipinski definition) is 3. The van der Waals surface area contributed by atoms with Gasteiger partial charge in [0.1, 0.15) is 0 Å². The third-order valence-corrected chi connectivity index (χ3v) is 7.45. The van der Waals surface area contributed by atoms with Crippen LogP contribution in [0.3, 0.4) is 0 Å². The van der Waals surface area contributed by atoms with E-state index in [0.29, 0.717) is 11.8 Å². The third-order valence-electron chi connectivity index (χ3n) is 7.45. The Hall–Kier alpha value is -2.94. The predicted octanol–water partition coefficient (Wildman–Crippen LogP) is 4.87. The molecule has 3 N–H and O–H groups in total. The Bertz CT molecular complexity index is 1140. The molecule has 1 unspecified atom stereocenters. The van der Waals surface area contributed by atoms with Crippen molar-refractivity contribution in [3.8, 4) is 12.0 Å². The molecule has 1 atom stereocenters. The predicted molar refractivity (Wildman–Crippen MR) is 134 cm³/mol. The zero-order chi connectivity index (χ0) is 23.9. The van der Waals surface area contributed by atoms with Gasteiger partial charge in [0.05, 0.1) is 6.04 Å². The fourth-order valence-electron chi connectivity index (χ4n) is 5.71. The largest absolute Gasteiger partial charge is 0.356 e. The van der Waals surface area contributed by atoms with Crippen molar-refractivity contribution in [2.24, 2.45) is 17.8 Å². The van der Waals surface area contributed by atoms with Crippen LogP contribution in [0.25, 0.3) is 10.9 Å². The summed E-state index contributed by atoms with van der Waals surface area (Å²) in [7, 11) is 0. The van der Waals surface area contributed by atoms with Gasteiger partial charge in [-0.3, -0.25) is 10.1 Å². The highest BCUT2D eigenvalue weighted by Crippen LogP contribution is 2.49. The number of aromatic amines is 1. The average Bonchev–Trinajstić information content (AvgIpc) is 3.57. The van der Waals surface area contributed by atoms with Crippen molar-refractivity contribution < 1.29 is 9.59 Å². The molecule has 6 nitrogen and oxygen atoms in total. The quantitative estimate of drug-likeness (QED) is 0.442. The number of hydrogen-bond acceptors (Lipinski definition) is 2. The Morgan fingerprint density at radius 3 is 2.50 bits per heavy atom. The van der Waals surface area contributed by atoms with Crippen LogP contribution in [0.4, 0.5) is 4.79 Å². The Balaban J connectivity index is 1.21. The molecule has 1 aliphatic heterocycles. The van der Waals surface area contributed by atoms with Crippen LogP contribution in [-0.4, -0.2) is 33.9 Å². The van der Waals surface area contributed by atoms with Gasteiger partial charge < -0.3 is 15.2 Å². The van der Waals surface area contributed by atoms with E-state index in [1.807, 2.05) is 20.8 Å². The van der Waals surface area contributed by atoms with E-state index in [2.05, 4.69) is 56.7 Å². The third kappa shape index (κ3) is 4.80. The zero-order valence-corrected chi connectivity index (χ0v) is 20.5. The lowest BCUT2D eigenvalue weighted by Crippen LogP contribution is -2.45. The average molecular weight is 461 g/mol. The summed E-state index contributed by atoms with van der Waals surface area (Å²) >= 11 is 0. The van der Waals surface area contributed by atoms with Crippen molar-refractivity contribution in [3.63, 3.8) is 0 Å². The van der Waals surface area contributed by atoms with Gasteiger partial charge in [-0.1, -0.05) is 24.1 Å². The molecule has 1 aromatic carbocycles. The van der Waals surface area contributed by atoms with Crippen LogP contribution in [-0.2, 0) is 11.2 Å². The van der Waals surface area contributed by atoms with E-state index in [1.54, 1.807) is 0 Å². The molecule has 3 amide bonds. The lowest BCUT2D eigenvalue weighted by molar-refractivity contribution is -0.140. The van der Waals surface area contributed by atoms with Crippen LogP contribution in [0.15, 0.2) is 24.3 Å². The number of aromatic nitrogens is 1. The van der Waals surface area contributed by atoms with Crippen LogP contribution in [0.1, 0.15) is 76.6 Å². The molecule has 0 spiro atoms. The molecule has 0 radical (unpaired) electrons. The van der Waals surface area contributed by atoms with Crippen LogP contribution in [0.2, 0.25) is 0 Å². The van der Waals surface area contributed by atoms with Crippen molar-refractivity contribution in [1.29, 1.82) is 0 Å². The summed E-state index contributed by atoms with van der Waals surface area (Å²) < 4.78 is 0. The molecule has 5 rings (SSSR count). The Labute approximate surface area is 202 Å². The van der Waals surface area contributed by atoms with Gasteiger partial charge in [-0.05, 0) is 83.3 Å². The summed E-state index contributed by atoms with van der Waals surface area (Å²) in [5, 5.41) is 6.79. The minimum atomic E-state index is -0.287. The van der Waals surface area contributed by atoms with Crippen LogP contribution in [0.5, 0.6) is 0 Å². The number of carbonyl (C=O) groups excluding carboxylic acids is 2. The number of para-hydroxylation sites is 1. The number of nitrogens with one attached hydrogen (secondary N) is 3. The molecule has 180 valence electrons. The summed E-state index contributed by atoms with van der Waals surface area (Å²) in [6, 6.07) is 11.3. The second kappa shape index (κ2) is 9.02. The maximum absolute atomic E-state index is 13.7. The van der Waals surface area contributed by atoms with Crippen molar-refractivity contribution in [3.05, 3.63) is 35.5 Å². The molecular formula is C28H36N4O2. The van der Waals surface area contributed by atoms with Gasteiger partial charge in [-0.2, -0.15) is 0 Å². The second-order valence-corrected chi connectivity index (χ2v) is 11.3. The van der Waals surface area contributed by atoms with Crippen LogP contribution in [0, 0.1) is 29.7 Å². The van der Waals surface area contributed by atoms with Gasteiger partial charge >= 0.3 is 6.03 Å². The molecule has 2 aromatic rings. The van der Waals surface area contributed by atoms with Crippen molar-refractivity contribution in [1.82, 2.24) is 20.5 Å². The first-order valence-corrected chi connectivity index (χ1v) is 12.8. The minimum absolute atomic E-state index is 0.0855. The minimum Gasteiger partial charge on any atom is -0.356 e. The molecular weight excluding hydrogens is 424 g/mol. The summed E-state index contributed by atoms with van der Waals surface area (Å²) in [6.45, 7) is 6.63. The molecule has 2 aliphatic carbocycles. The van der Waals surface area contributed by atoms with Gasteiger partial charge in [0.2, 0.25) is 5.91 Å². The summed E-state index contributed by atoms with van der Waals surface area (Å²) in [5.41, 5.74) is 3.60. The molecule has 2 saturated carbocycles. The van der Waals surface area contributed by atoms with Gasteiger partial charge in [0.25, 0.3) is 0 Å². The molecule has 0 bridgehead atoms. The highest BCUT2D eigenvalue weighted by Gasteiger charge is 2.44. The van der Waals surface area contributed by atoms with E-state index >= 15 is 0 Å². The van der Waals surface area contributed by atoms with E-state index in [-0.39, 0.29) is 29.4 Å². The monoisotopic (exact) mass is 460 g/mol. The van der Waals surface area contributed by atoms with E-state index in [1.165, 1.54) is 35.0 Å². The van der Waals surface area contributed by atoms with Gasteiger partial charge in [-0.15, -0.1) is 0 Å². The number of amides is 3. The lowest BCUT2D eigenvalue weighted by atomic mass is 9.81. The van der Waals surface area contributed by atoms with Gasteiger partial charge in [-0.25, -0.2) is 4.79 Å².